The molecule has 0 amide bonds. The van der Waals surface area contributed by atoms with Crippen molar-refractivity contribution in [3.05, 3.63) is 60.3 Å². The monoisotopic (exact) mass is 262 g/mol. The van der Waals surface area contributed by atoms with Gasteiger partial charge in [-0.25, -0.2) is 0 Å². The van der Waals surface area contributed by atoms with Crippen LogP contribution in [0.5, 0.6) is 0 Å². The molecule has 2 nitrogen and oxygen atoms in total. The van der Waals surface area contributed by atoms with Gasteiger partial charge < -0.3 is 4.90 Å². The highest BCUT2D eigenvalue weighted by Gasteiger charge is 2.06. The number of rotatable bonds is 2. The molecule has 0 unspecified atom stereocenters. The number of fused-ring (bicyclic) bond motifs is 1. The number of benzene rings is 2. The van der Waals surface area contributed by atoms with Crippen molar-refractivity contribution in [2.24, 2.45) is 0 Å². The van der Waals surface area contributed by atoms with Crippen LogP contribution in [0, 0.1) is 6.92 Å². The van der Waals surface area contributed by atoms with Crippen molar-refractivity contribution < 1.29 is 0 Å². The van der Waals surface area contributed by atoms with Crippen LogP contribution in [0.3, 0.4) is 0 Å². The van der Waals surface area contributed by atoms with Gasteiger partial charge in [-0.2, -0.15) is 0 Å². The van der Waals surface area contributed by atoms with Gasteiger partial charge >= 0.3 is 0 Å². The molecule has 1 aromatic heterocycles. The van der Waals surface area contributed by atoms with Gasteiger partial charge in [0.05, 0.1) is 5.52 Å². The van der Waals surface area contributed by atoms with Crippen LogP contribution in [0.2, 0.25) is 0 Å². The van der Waals surface area contributed by atoms with Gasteiger partial charge in [0.15, 0.2) is 0 Å². The van der Waals surface area contributed by atoms with Crippen LogP contribution in [-0.2, 0) is 0 Å². The van der Waals surface area contributed by atoms with Gasteiger partial charge in [0, 0.05) is 36.4 Å². The third-order valence-electron chi connectivity index (χ3n) is 3.59. The predicted molar refractivity (Wildman–Crippen MR) is 86.2 cm³/mol. The van der Waals surface area contributed by atoms with Crippen molar-refractivity contribution in [2.75, 3.05) is 19.0 Å². The number of aryl methyl sites for hydroxylation is 1. The topological polar surface area (TPSA) is 16.1 Å². The summed E-state index contributed by atoms with van der Waals surface area (Å²) in [5, 5.41) is 1.18. The first-order chi connectivity index (χ1) is 9.65. The van der Waals surface area contributed by atoms with Crippen LogP contribution >= 0.6 is 0 Å². The molecule has 3 rings (SSSR count). The Balaban J connectivity index is 2.21. The van der Waals surface area contributed by atoms with Crippen molar-refractivity contribution in [2.45, 2.75) is 6.92 Å². The number of hydrogen-bond donors (Lipinski definition) is 0. The van der Waals surface area contributed by atoms with Gasteiger partial charge in [-0.05, 0) is 36.8 Å². The second kappa shape index (κ2) is 4.97. The zero-order valence-electron chi connectivity index (χ0n) is 12.1. The summed E-state index contributed by atoms with van der Waals surface area (Å²) in [6.07, 6.45) is 0. The molecule has 0 aliphatic carbocycles. The average Bonchev–Trinajstić information content (AvgIpc) is 2.47. The van der Waals surface area contributed by atoms with Gasteiger partial charge in [-0.1, -0.05) is 30.3 Å². The molecule has 0 radical (unpaired) electrons. The van der Waals surface area contributed by atoms with Crippen molar-refractivity contribution >= 4 is 16.6 Å². The third kappa shape index (κ3) is 2.25. The third-order valence-corrected chi connectivity index (χ3v) is 3.59. The number of anilines is 1. The average molecular weight is 262 g/mol. The van der Waals surface area contributed by atoms with Gasteiger partial charge in [0.1, 0.15) is 0 Å². The van der Waals surface area contributed by atoms with E-state index in [2.05, 4.69) is 74.4 Å². The Morgan fingerprint density at radius 1 is 0.900 bits per heavy atom. The molecule has 100 valence electrons. The summed E-state index contributed by atoms with van der Waals surface area (Å²) in [5.74, 6) is 0. The van der Waals surface area contributed by atoms with E-state index in [0.29, 0.717) is 0 Å². The second-order valence-corrected chi connectivity index (χ2v) is 5.26. The fraction of sp³-hybridized carbons (Fsp3) is 0.167. The first-order valence-electron chi connectivity index (χ1n) is 6.79. The van der Waals surface area contributed by atoms with E-state index in [9.17, 15) is 0 Å². The van der Waals surface area contributed by atoms with E-state index in [0.717, 1.165) is 11.2 Å². The quantitative estimate of drug-likeness (QED) is 0.685. The molecule has 20 heavy (non-hydrogen) atoms. The summed E-state index contributed by atoms with van der Waals surface area (Å²) in [5.41, 5.74) is 5.74. The minimum absolute atomic E-state index is 1.05. The zero-order valence-corrected chi connectivity index (χ0v) is 12.1. The molecule has 2 aromatic carbocycles. The number of pyridine rings is 1. The van der Waals surface area contributed by atoms with E-state index in [1.165, 1.54) is 22.2 Å². The summed E-state index contributed by atoms with van der Waals surface area (Å²) < 4.78 is 0. The SMILES string of the molecule is Cc1nc2ccc(N(C)C)cc2cc1-c1ccccc1. The predicted octanol–water partition coefficient (Wildman–Crippen LogP) is 4.28. The molecule has 0 saturated heterocycles. The molecule has 0 aliphatic rings. The first kappa shape index (κ1) is 12.7. The highest BCUT2D eigenvalue weighted by Crippen LogP contribution is 2.28. The van der Waals surface area contributed by atoms with Crippen molar-refractivity contribution in [3.63, 3.8) is 0 Å². The van der Waals surface area contributed by atoms with E-state index in [1.807, 2.05) is 6.07 Å². The summed E-state index contributed by atoms with van der Waals surface area (Å²) in [7, 11) is 4.11. The molecule has 0 atom stereocenters. The maximum Gasteiger partial charge on any atom is 0.0707 e. The van der Waals surface area contributed by atoms with E-state index < -0.39 is 0 Å². The largest absolute Gasteiger partial charge is 0.378 e. The lowest BCUT2D eigenvalue weighted by Crippen LogP contribution is -2.08. The fourth-order valence-corrected chi connectivity index (χ4v) is 2.45. The van der Waals surface area contributed by atoms with Gasteiger partial charge in [-0.15, -0.1) is 0 Å². The summed E-state index contributed by atoms with van der Waals surface area (Å²) in [4.78, 5) is 6.85. The molecule has 0 bridgehead atoms. The highest BCUT2D eigenvalue weighted by molar-refractivity contribution is 5.87. The fourth-order valence-electron chi connectivity index (χ4n) is 2.45. The van der Waals surface area contributed by atoms with Crippen LogP contribution in [0.4, 0.5) is 5.69 Å². The maximum atomic E-state index is 4.73. The standard InChI is InChI=1S/C18H18N2/c1-13-17(14-7-5-4-6-8-14)12-15-11-16(20(2)3)9-10-18(15)19-13/h4-12H,1-3H3. The molecule has 1 heterocycles. The number of nitrogens with zero attached hydrogens (tertiary/aromatic N) is 2. The Labute approximate surface area is 119 Å². The number of aromatic nitrogens is 1. The lowest BCUT2D eigenvalue weighted by Gasteiger charge is -2.14. The second-order valence-electron chi connectivity index (χ2n) is 5.26. The maximum absolute atomic E-state index is 4.73. The van der Waals surface area contributed by atoms with E-state index in [-0.39, 0.29) is 0 Å². The first-order valence-corrected chi connectivity index (χ1v) is 6.79. The van der Waals surface area contributed by atoms with Crippen LogP contribution in [0.25, 0.3) is 22.0 Å². The molecule has 0 spiro atoms. The van der Waals surface area contributed by atoms with E-state index >= 15 is 0 Å². The Morgan fingerprint density at radius 3 is 2.35 bits per heavy atom. The normalized spacial score (nSPS) is 10.8. The van der Waals surface area contributed by atoms with Crippen LogP contribution in [0.1, 0.15) is 5.69 Å². The zero-order chi connectivity index (χ0) is 14.1. The highest BCUT2D eigenvalue weighted by atomic mass is 15.1. The van der Waals surface area contributed by atoms with Gasteiger partial charge in [0.25, 0.3) is 0 Å². The lowest BCUT2D eigenvalue weighted by atomic mass is 10.0. The lowest BCUT2D eigenvalue weighted by molar-refractivity contribution is 1.13. The summed E-state index contributed by atoms with van der Waals surface area (Å²) >= 11 is 0. The summed E-state index contributed by atoms with van der Waals surface area (Å²) in [6, 6.07) is 19.1. The smallest absolute Gasteiger partial charge is 0.0707 e. The van der Waals surface area contributed by atoms with Gasteiger partial charge in [0.2, 0.25) is 0 Å². The molecule has 3 aromatic rings. The minimum atomic E-state index is 1.05. The van der Waals surface area contributed by atoms with E-state index in [4.69, 9.17) is 4.98 Å². The van der Waals surface area contributed by atoms with Crippen molar-refractivity contribution in [3.8, 4) is 11.1 Å². The molecule has 2 heteroatoms. The van der Waals surface area contributed by atoms with Crippen LogP contribution < -0.4 is 4.90 Å². The van der Waals surface area contributed by atoms with Crippen LogP contribution in [-0.4, -0.2) is 19.1 Å². The van der Waals surface area contributed by atoms with Gasteiger partial charge in [-0.3, -0.25) is 4.98 Å². The Hall–Kier alpha value is -2.35. The molecule has 0 saturated carbocycles. The molecule has 0 fully saturated rings. The van der Waals surface area contributed by atoms with E-state index in [1.54, 1.807) is 0 Å². The summed E-state index contributed by atoms with van der Waals surface area (Å²) in [6.45, 7) is 2.07. The van der Waals surface area contributed by atoms with Crippen molar-refractivity contribution in [1.29, 1.82) is 0 Å². The number of hydrogen-bond acceptors (Lipinski definition) is 2. The Bertz CT molecular complexity index is 746. The minimum Gasteiger partial charge on any atom is -0.378 e. The Morgan fingerprint density at radius 2 is 1.65 bits per heavy atom. The van der Waals surface area contributed by atoms with Crippen molar-refractivity contribution in [1.82, 2.24) is 4.98 Å². The molecular formula is C18H18N2. The van der Waals surface area contributed by atoms with Crippen LogP contribution in [0.15, 0.2) is 54.6 Å². The molecule has 0 N–H and O–H groups in total. The Kier molecular flexibility index (Phi) is 3.15. The molecule has 0 aliphatic heterocycles. The molecular weight excluding hydrogens is 244 g/mol.